The summed E-state index contributed by atoms with van der Waals surface area (Å²) in [4.78, 5) is 0. The Morgan fingerprint density at radius 3 is 2.67 bits per heavy atom. The molecule has 0 atom stereocenters. The maximum absolute atomic E-state index is 14.2. The standard InChI is InChI=1S/C15H16FNO/c1-15(2,3)17-13(16)8-10-9-18-12-7-5-4-6-11(12)14(10)17/h4-8H,9H2,1-3H3. The number of aromatic nitrogens is 1. The first-order chi connectivity index (χ1) is 8.48. The predicted octanol–water partition coefficient (Wildman–Crippen LogP) is 3.94. The van der Waals surface area contributed by atoms with Gasteiger partial charge in [0.1, 0.15) is 12.4 Å². The largest absolute Gasteiger partial charge is 0.488 e. The molecule has 0 amide bonds. The van der Waals surface area contributed by atoms with E-state index in [-0.39, 0.29) is 11.5 Å². The third-order valence-electron chi connectivity index (χ3n) is 3.23. The van der Waals surface area contributed by atoms with E-state index in [0.717, 1.165) is 22.6 Å². The van der Waals surface area contributed by atoms with Crippen molar-refractivity contribution in [3.8, 4) is 17.0 Å². The van der Waals surface area contributed by atoms with Gasteiger partial charge in [0.05, 0.1) is 5.69 Å². The molecule has 2 nitrogen and oxygen atoms in total. The molecule has 3 heteroatoms. The van der Waals surface area contributed by atoms with Gasteiger partial charge < -0.3 is 9.30 Å². The van der Waals surface area contributed by atoms with Crippen molar-refractivity contribution in [1.82, 2.24) is 4.57 Å². The van der Waals surface area contributed by atoms with Crippen molar-refractivity contribution in [2.75, 3.05) is 0 Å². The molecule has 2 heterocycles. The maximum Gasteiger partial charge on any atom is 0.195 e. The highest BCUT2D eigenvalue weighted by Crippen LogP contribution is 2.41. The second-order valence-corrected chi connectivity index (χ2v) is 5.63. The van der Waals surface area contributed by atoms with Crippen LogP contribution in [0.2, 0.25) is 0 Å². The number of halogens is 1. The van der Waals surface area contributed by atoms with Gasteiger partial charge in [0.2, 0.25) is 0 Å². The van der Waals surface area contributed by atoms with Crippen LogP contribution in [0, 0.1) is 5.95 Å². The van der Waals surface area contributed by atoms with Gasteiger partial charge >= 0.3 is 0 Å². The van der Waals surface area contributed by atoms with E-state index < -0.39 is 0 Å². The van der Waals surface area contributed by atoms with Crippen molar-refractivity contribution in [1.29, 1.82) is 0 Å². The summed E-state index contributed by atoms with van der Waals surface area (Å²) in [6.45, 7) is 6.46. The molecule has 0 saturated heterocycles. The van der Waals surface area contributed by atoms with Crippen molar-refractivity contribution in [3.63, 3.8) is 0 Å². The molecule has 1 aliphatic heterocycles. The van der Waals surface area contributed by atoms with Gasteiger partial charge in [-0.3, -0.25) is 0 Å². The smallest absolute Gasteiger partial charge is 0.195 e. The highest BCUT2D eigenvalue weighted by molar-refractivity contribution is 5.73. The zero-order valence-corrected chi connectivity index (χ0v) is 10.8. The lowest BCUT2D eigenvalue weighted by molar-refractivity contribution is 0.298. The van der Waals surface area contributed by atoms with Gasteiger partial charge in [-0.2, -0.15) is 4.39 Å². The Morgan fingerprint density at radius 2 is 1.94 bits per heavy atom. The van der Waals surface area contributed by atoms with Crippen LogP contribution in [0.25, 0.3) is 11.3 Å². The normalized spacial score (nSPS) is 13.8. The molecule has 0 N–H and O–H groups in total. The number of fused-ring (bicyclic) bond motifs is 3. The molecule has 0 saturated carbocycles. The van der Waals surface area contributed by atoms with Gasteiger partial charge in [-0.15, -0.1) is 0 Å². The molecule has 0 spiro atoms. The van der Waals surface area contributed by atoms with E-state index in [0.29, 0.717) is 6.61 Å². The Hall–Kier alpha value is -1.77. The fraction of sp³-hybridized carbons (Fsp3) is 0.333. The molecular weight excluding hydrogens is 229 g/mol. The molecule has 1 aliphatic rings. The van der Waals surface area contributed by atoms with E-state index >= 15 is 0 Å². The molecule has 1 aromatic carbocycles. The summed E-state index contributed by atoms with van der Waals surface area (Å²) in [5.41, 5.74) is 2.54. The molecule has 0 unspecified atom stereocenters. The third kappa shape index (κ3) is 1.54. The molecule has 2 aromatic rings. The Labute approximate surface area is 106 Å². The van der Waals surface area contributed by atoms with Crippen molar-refractivity contribution in [2.45, 2.75) is 32.9 Å². The van der Waals surface area contributed by atoms with Crippen LogP contribution in [0.5, 0.6) is 5.75 Å². The van der Waals surface area contributed by atoms with Gasteiger partial charge in [0.25, 0.3) is 0 Å². The van der Waals surface area contributed by atoms with Gasteiger partial charge in [0.15, 0.2) is 5.95 Å². The summed E-state index contributed by atoms with van der Waals surface area (Å²) in [6, 6.07) is 9.38. The predicted molar refractivity (Wildman–Crippen MR) is 69.2 cm³/mol. The van der Waals surface area contributed by atoms with E-state index in [1.807, 2.05) is 45.0 Å². The van der Waals surface area contributed by atoms with Crippen LogP contribution in [0.4, 0.5) is 4.39 Å². The molecule has 0 fully saturated rings. The quantitative estimate of drug-likeness (QED) is 0.685. The van der Waals surface area contributed by atoms with Crippen LogP contribution >= 0.6 is 0 Å². The second kappa shape index (κ2) is 3.61. The van der Waals surface area contributed by atoms with Gasteiger partial charge in [-0.05, 0) is 32.9 Å². The van der Waals surface area contributed by atoms with E-state index in [1.165, 1.54) is 0 Å². The fourth-order valence-corrected chi connectivity index (χ4v) is 2.53. The zero-order chi connectivity index (χ0) is 12.9. The summed E-state index contributed by atoms with van der Waals surface area (Å²) in [7, 11) is 0. The molecule has 0 bridgehead atoms. The minimum Gasteiger partial charge on any atom is -0.488 e. The van der Waals surface area contributed by atoms with Crippen LogP contribution in [0.15, 0.2) is 30.3 Å². The lowest BCUT2D eigenvalue weighted by atomic mass is 10.0. The molecular formula is C15H16FNO. The topological polar surface area (TPSA) is 14.2 Å². The Morgan fingerprint density at radius 1 is 1.22 bits per heavy atom. The van der Waals surface area contributed by atoms with E-state index in [1.54, 1.807) is 10.6 Å². The highest BCUT2D eigenvalue weighted by Gasteiger charge is 2.29. The molecule has 0 aliphatic carbocycles. The summed E-state index contributed by atoms with van der Waals surface area (Å²) < 4.78 is 21.6. The Kier molecular flexibility index (Phi) is 2.27. The molecule has 3 rings (SSSR count). The maximum atomic E-state index is 14.2. The minimum atomic E-state index is -0.290. The summed E-state index contributed by atoms with van der Waals surface area (Å²) >= 11 is 0. The minimum absolute atomic E-state index is 0.201. The van der Waals surface area contributed by atoms with Gasteiger partial charge in [0, 0.05) is 22.7 Å². The monoisotopic (exact) mass is 245 g/mol. The number of ether oxygens (including phenoxy) is 1. The average Bonchev–Trinajstić information content (AvgIpc) is 2.65. The molecule has 18 heavy (non-hydrogen) atoms. The summed E-state index contributed by atoms with van der Waals surface area (Å²) in [6.07, 6.45) is 0. The lowest BCUT2D eigenvalue weighted by Crippen LogP contribution is -2.25. The van der Waals surface area contributed by atoms with Gasteiger partial charge in [-0.1, -0.05) is 12.1 Å². The molecule has 1 aromatic heterocycles. The van der Waals surface area contributed by atoms with Crippen LogP contribution in [-0.4, -0.2) is 4.57 Å². The van der Waals surface area contributed by atoms with E-state index in [4.69, 9.17) is 4.74 Å². The number of rotatable bonds is 0. The van der Waals surface area contributed by atoms with Gasteiger partial charge in [-0.25, -0.2) is 0 Å². The zero-order valence-electron chi connectivity index (χ0n) is 10.8. The second-order valence-electron chi connectivity index (χ2n) is 5.63. The number of benzene rings is 1. The van der Waals surface area contributed by atoms with Crippen LogP contribution in [-0.2, 0) is 12.1 Å². The number of nitrogens with zero attached hydrogens (tertiary/aromatic N) is 1. The van der Waals surface area contributed by atoms with Crippen LogP contribution < -0.4 is 4.74 Å². The van der Waals surface area contributed by atoms with Crippen molar-refractivity contribution < 1.29 is 9.13 Å². The van der Waals surface area contributed by atoms with Crippen LogP contribution in [0.1, 0.15) is 26.3 Å². The third-order valence-corrected chi connectivity index (χ3v) is 3.23. The van der Waals surface area contributed by atoms with Crippen LogP contribution in [0.3, 0.4) is 0 Å². The number of para-hydroxylation sites is 1. The summed E-state index contributed by atoms with van der Waals surface area (Å²) in [5, 5.41) is 0. The molecule has 0 radical (unpaired) electrons. The lowest BCUT2D eigenvalue weighted by Gasteiger charge is -2.28. The fourth-order valence-electron chi connectivity index (χ4n) is 2.53. The first kappa shape index (κ1) is 11.3. The van der Waals surface area contributed by atoms with Crippen molar-refractivity contribution in [3.05, 3.63) is 41.8 Å². The highest BCUT2D eigenvalue weighted by atomic mass is 19.1. The number of hydrogen-bond acceptors (Lipinski definition) is 1. The first-order valence-electron chi connectivity index (χ1n) is 6.11. The van der Waals surface area contributed by atoms with Crippen molar-refractivity contribution >= 4 is 0 Å². The molecule has 94 valence electrons. The average molecular weight is 245 g/mol. The SMILES string of the molecule is CC(C)(C)n1c(F)cc2c1-c1ccccc1OC2. The van der Waals surface area contributed by atoms with Crippen molar-refractivity contribution in [2.24, 2.45) is 0 Å². The van der Waals surface area contributed by atoms with E-state index in [9.17, 15) is 4.39 Å². The van der Waals surface area contributed by atoms with E-state index in [2.05, 4.69) is 0 Å². The Bertz CT molecular complexity index is 607. The first-order valence-corrected chi connectivity index (χ1v) is 6.11. The Balaban J connectivity index is 2.32. The number of hydrogen-bond donors (Lipinski definition) is 0. The summed E-state index contributed by atoms with van der Waals surface area (Å²) in [5.74, 6) is 0.626.